The van der Waals surface area contributed by atoms with Crippen LogP contribution in [0.25, 0.3) is 0 Å². The molecule has 2 aromatic rings. The monoisotopic (exact) mass is 289 g/mol. The van der Waals surface area contributed by atoms with Crippen LogP contribution in [0.4, 0.5) is 4.39 Å². The van der Waals surface area contributed by atoms with Crippen LogP contribution in [0.15, 0.2) is 42.5 Å². The third kappa shape index (κ3) is 4.20. The van der Waals surface area contributed by atoms with Gasteiger partial charge in [0, 0.05) is 13.1 Å². The Hall–Kier alpha value is -2.07. The molecule has 0 saturated heterocycles. The van der Waals surface area contributed by atoms with E-state index in [4.69, 9.17) is 9.47 Å². The van der Waals surface area contributed by atoms with Crippen molar-refractivity contribution in [3.63, 3.8) is 0 Å². The van der Waals surface area contributed by atoms with Gasteiger partial charge in [-0.2, -0.15) is 0 Å². The van der Waals surface area contributed by atoms with E-state index < -0.39 is 0 Å². The molecule has 3 nitrogen and oxygen atoms in total. The van der Waals surface area contributed by atoms with Gasteiger partial charge < -0.3 is 9.47 Å². The van der Waals surface area contributed by atoms with E-state index in [1.54, 1.807) is 26.4 Å². The minimum Gasteiger partial charge on any atom is -0.493 e. The summed E-state index contributed by atoms with van der Waals surface area (Å²) in [5.41, 5.74) is 2.22. The first-order chi connectivity index (χ1) is 10.1. The molecule has 0 atom stereocenters. The lowest BCUT2D eigenvalue weighted by Gasteiger charge is -2.18. The highest BCUT2D eigenvalue weighted by Gasteiger charge is 2.07. The van der Waals surface area contributed by atoms with Crippen molar-refractivity contribution >= 4 is 0 Å². The fourth-order valence-corrected chi connectivity index (χ4v) is 2.25. The zero-order chi connectivity index (χ0) is 15.2. The molecule has 2 rings (SSSR count). The molecule has 4 heteroatoms. The lowest BCUT2D eigenvalue weighted by molar-refractivity contribution is 0.316. The molecule has 0 heterocycles. The first-order valence-electron chi connectivity index (χ1n) is 6.76. The second kappa shape index (κ2) is 7.09. The lowest BCUT2D eigenvalue weighted by atomic mass is 10.1. The van der Waals surface area contributed by atoms with Gasteiger partial charge in [0.1, 0.15) is 5.82 Å². The number of hydrogen-bond donors (Lipinski definition) is 0. The molecule has 0 bridgehead atoms. The summed E-state index contributed by atoms with van der Waals surface area (Å²) in [7, 11) is 5.28. The quantitative estimate of drug-likeness (QED) is 0.812. The average molecular weight is 289 g/mol. The number of rotatable bonds is 6. The molecule has 0 amide bonds. The summed E-state index contributed by atoms with van der Waals surface area (Å²) >= 11 is 0. The molecule has 0 aromatic heterocycles. The molecule has 21 heavy (non-hydrogen) atoms. The van der Waals surface area contributed by atoms with Crippen molar-refractivity contribution in [3.05, 3.63) is 59.4 Å². The number of ether oxygens (including phenoxy) is 2. The Morgan fingerprint density at radius 1 is 0.857 bits per heavy atom. The van der Waals surface area contributed by atoms with Crippen LogP contribution < -0.4 is 9.47 Å². The molecule has 0 radical (unpaired) electrons. The Kier molecular flexibility index (Phi) is 5.17. The molecule has 0 aliphatic heterocycles. The van der Waals surface area contributed by atoms with Gasteiger partial charge in [-0.15, -0.1) is 0 Å². The van der Waals surface area contributed by atoms with Crippen molar-refractivity contribution < 1.29 is 13.9 Å². The predicted molar refractivity (Wildman–Crippen MR) is 81.1 cm³/mol. The predicted octanol–water partition coefficient (Wildman–Crippen LogP) is 3.47. The van der Waals surface area contributed by atoms with Crippen LogP contribution in [0.1, 0.15) is 11.1 Å². The maximum Gasteiger partial charge on any atom is 0.161 e. The lowest BCUT2D eigenvalue weighted by Crippen LogP contribution is -2.17. The van der Waals surface area contributed by atoms with Crippen molar-refractivity contribution in [2.24, 2.45) is 0 Å². The van der Waals surface area contributed by atoms with Crippen LogP contribution in [-0.2, 0) is 13.1 Å². The molecular weight excluding hydrogens is 269 g/mol. The highest BCUT2D eigenvalue weighted by Crippen LogP contribution is 2.28. The Morgan fingerprint density at radius 3 is 2.05 bits per heavy atom. The van der Waals surface area contributed by atoms with Crippen molar-refractivity contribution in [1.29, 1.82) is 0 Å². The Morgan fingerprint density at radius 2 is 1.43 bits per heavy atom. The van der Waals surface area contributed by atoms with Crippen LogP contribution in [0.3, 0.4) is 0 Å². The van der Waals surface area contributed by atoms with Crippen molar-refractivity contribution in [3.8, 4) is 11.5 Å². The van der Waals surface area contributed by atoms with E-state index in [-0.39, 0.29) is 5.82 Å². The molecule has 0 fully saturated rings. The normalized spacial score (nSPS) is 10.7. The van der Waals surface area contributed by atoms with Crippen molar-refractivity contribution in [2.45, 2.75) is 13.1 Å². The van der Waals surface area contributed by atoms with Crippen molar-refractivity contribution in [1.82, 2.24) is 4.90 Å². The summed E-state index contributed by atoms with van der Waals surface area (Å²) < 4.78 is 23.4. The van der Waals surface area contributed by atoms with Gasteiger partial charge in [-0.05, 0) is 42.4 Å². The SMILES string of the molecule is COc1ccc(CN(C)Cc2ccc(F)cc2)cc1OC. The highest BCUT2D eigenvalue weighted by molar-refractivity contribution is 5.42. The van der Waals surface area contributed by atoms with Gasteiger partial charge in [-0.3, -0.25) is 4.90 Å². The molecular formula is C17H20FNO2. The van der Waals surface area contributed by atoms with Gasteiger partial charge in [0.25, 0.3) is 0 Å². The molecule has 0 aliphatic rings. The van der Waals surface area contributed by atoms with Crippen molar-refractivity contribution in [2.75, 3.05) is 21.3 Å². The average Bonchev–Trinajstić information content (AvgIpc) is 2.49. The Balaban J connectivity index is 2.02. The summed E-state index contributed by atoms with van der Waals surface area (Å²) in [6, 6.07) is 12.5. The molecule has 0 N–H and O–H groups in total. The molecule has 0 unspecified atom stereocenters. The highest BCUT2D eigenvalue weighted by atomic mass is 19.1. The van der Waals surface area contributed by atoms with Crippen LogP contribution >= 0.6 is 0 Å². The van der Waals surface area contributed by atoms with E-state index in [1.807, 2.05) is 25.2 Å². The third-order valence-electron chi connectivity index (χ3n) is 3.27. The standard InChI is InChI=1S/C17H20FNO2/c1-19(11-13-4-7-15(18)8-5-13)12-14-6-9-16(20-2)17(10-14)21-3/h4-10H,11-12H2,1-3H3. The van der Waals surface area contributed by atoms with Crippen LogP contribution in [0.2, 0.25) is 0 Å². The van der Waals surface area contributed by atoms with Crippen LogP contribution in [-0.4, -0.2) is 26.2 Å². The largest absolute Gasteiger partial charge is 0.493 e. The second-order valence-electron chi connectivity index (χ2n) is 4.99. The fourth-order valence-electron chi connectivity index (χ4n) is 2.25. The number of methoxy groups -OCH3 is 2. The molecule has 2 aromatic carbocycles. The maximum atomic E-state index is 12.9. The van der Waals surface area contributed by atoms with Gasteiger partial charge in [0.2, 0.25) is 0 Å². The number of hydrogen-bond acceptors (Lipinski definition) is 3. The number of benzene rings is 2. The maximum absolute atomic E-state index is 12.9. The van der Waals surface area contributed by atoms with Crippen LogP contribution in [0.5, 0.6) is 11.5 Å². The topological polar surface area (TPSA) is 21.7 Å². The van der Waals surface area contributed by atoms with Gasteiger partial charge >= 0.3 is 0 Å². The third-order valence-corrected chi connectivity index (χ3v) is 3.27. The summed E-state index contributed by atoms with van der Waals surface area (Å²) in [5.74, 6) is 1.24. The Labute approximate surface area is 124 Å². The van der Waals surface area contributed by atoms with Gasteiger partial charge in [0.15, 0.2) is 11.5 Å². The molecule has 0 aliphatic carbocycles. The van der Waals surface area contributed by atoms with E-state index in [2.05, 4.69) is 4.90 Å². The zero-order valence-electron chi connectivity index (χ0n) is 12.6. The van der Waals surface area contributed by atoms with Gasteiger partial charge in [0.05, 0.1) is 14.2 Å². The van der Waals surface area contributed by atoms with E-state index in [0.717, 1.165) is 35.7 Å². The van der Waals surface area contributed by atoms with E-state index in [9.17, 15) is 4.39 Å². The number of halogens is 1. The summed E-state index contributed by atoms with van der Waals surface area (Å²) in [5, 5.41) is 0. The zero-order valence-corrected chi connectivity index (χ0v) is 12.6. The first kappa shape index (κ1) is 15.3. The minimum atomic E-state index is -0.207. The van der Waals surface area contributed by atoms with Gasteiger partial charge in [-0.1, -0.05) is 18.2 Å². The molecule has 0 saturated carbocycles. The summed E-state index contributed by atoms with van der Waals surface area (Å²) in [6.07, 6.45) is 0. The fraction of sp³-hybridized carbons (Fsp3) is 0.294. The van der Waals surface area contributed by atoms with Crippen LogP contribution in [0, 0.1) is 5.82 Å². The smallest absolute Gasteiger partial charge is 0.161 e. The Bertz CT molecular complexity index is 584. The van der Waals surface area contributed by atoms with E-state index in [1.165, 1.54) is 12.1 Å². The first-order valence-corrected chi connectivity index (χ1v) is 6.76. The second-order valence-corrected chi connectivity index (χ2v) is 4.99. The summed E-state index contributed by atoms with van der Waals surface area (Å²) in [4.78, 5) is 2.16. The number of nitrogens with zero attached hydrogens (tertiary/aromatic N) is 1. The van der Waals surface area contributed by atoms with E-state index in [0.29, 0.717) is 0 Å². The summed E-state index contributed by atoms with van der Waals surface area (Å²) in [6.45, 7) is 1.53. The van der Waals surface area contributed by atoms with E-state index >= 15 is 0 Å². The molecule has 112 valence electrons. The minimum absolute atomic E-state index is 0.207. The molecule has 0 spiro atoms. The van der Waals surface area contributed by atoms with Gasteiger partial charge in [-0.25, -0.2) is 4.39 Å².